The van der Waals surface area contributed by atoms with Crippen molar-refractivity contribution in [2.45, 2.75) is 27.3 Å². The van der Waals surface area contributed by atoms with Crippen LogP contribution in [0.3, 0.4) is 0 Å². The minimum absolute atomic E-state index is 0.326. The Labute approximate surface area is 165 Å². The first-order chi connectivity index (χ1) is 13.6. The molecule has 0 unspecified atom stereocenters. The van der Waals surface area contributed by atoms with Gasteiger partial charge in [-0.2, -0.15) is 0 Å². The quantitative estimate of drug-likeness (QED) is 0.586. The highest BCUT2D eigenvalue weighted by atomic mass is 16.5. The number of benzene rings is 2. The van der Waals surface area contributed by atoms with Gasteiger partial charge in [-0.3, -0.25) is 0 Å². The number of hydrogen-bond acceptors (Lipinski definition) is 6. The Kier molecular flexibility index (Phi) is 6.22. The van der Waals surface area contributed by atoms with Crippen molar-refractivity contribution in [3.63, 3.8) is 0 Å². The fourth-order valence-corrected chi connectivity index (χ4v) is 2.83. The monoisotopic (exact) mass is 376 g/mol. The Morgan fingerprint density at radius 3 is 2.50 bits per heavy atom. The summed E-state index contributed by atoms with van der Waals surface area (Å²) in [6.45, 7) is 6.70. The zero-order valence-corrected chi connectivity index (χ0v) is 16.3. The molecule has 0 atom stereocenters. The van der Waals surface area contributed by atoms with Gasteiger partial charge in [0.1, 0.15) is 17.5 Å². The molecule has 0 aliphatic heterocycles. The van der Waals surface area contributed by atoms with Crippen LogP contribution in [0.5, 0.6) is 0 Å². The molecule has 6 heteroatoms. The van der Waals surface area contributed by atoms with E-state index in [0.29, 0.717) is 41.9 Å². The number of carbonyl (C=O) groups is 1. The zero-order chi connectivity index (χ0) is 19.9. The summed E-state index contributed by atoms with van der Waals surface area (Å²) in [5.41, 5.74) is 3.54. The van der Waals surface area contributed by atoms with Crippen LogP contribution in [0.1, 0.15) is 34.2 Å². The molecule has 0 radical (unpaired) electrons. The minimum Gasteiger partial charge on any atom is -0.462 e. The summed E-state index contributed by atoms with van der Waals surface area (Å²) in [7, 11) is 0. The van der Waals surface area contributed by atoms with E-state index in [4.69, 9.17) is 4.74 Å². The van der Waals surface area contributed by atoms with Gasteiger partial charge in [-0.15, -0.1) is 0 Å². The van der Waals surface area contributed by atoms with Crippen LogP contribution in [0.2, 0.25) is 0 Å². The summed E-state index contributed by atoms with van der Waals surface area (Å²) in [6.07, 6.45) is 0. The van der Waals surface area contributed by atoms with Crippen molar-refractivity contribution in [3.8, 4) is 0 Å². The van der Waals surface area contributed by atoms with Gasteiger partial charge in [-0.1, -0.05) is 36.4 Å². The average molecular weight is 376 g/mol. The van der Waals surface area contributed by atoms with Gasteiger partial charge in [0.2, 0.25) is 0 Å². The standard InChI is InChI=1S/C22H24N4O2/c1-4-28-22(27)18-11-7-8-12-19(18)26-21-13-20(24-16(3)25-21)23-14-17-10-6-5-9-15(17)2/h5-13H,4,14H2,1-3H3,(H2,23,24,25,26). The molecule has 1 heterocycles. The molecule has 0 fully saturated rings. The lowest BCUT2D eigenvalue weighted by Gasteiger charge is -2.13. The number of ether oxygens (including phenoxy) is 1. The average Bonchev–Trinajstić information content (AvgIpc) is 2.67. The zero-order valence-electron chi connectivity index (χ0n) is 16.3. The lowest BCUT2D eigenvalue weighted by molar-refractivity contribution is 0.0527. The third-order valence-corrected chi connectivity index (χ3v) is 4.24. The maximum Gasteiger partial charge on any atom is 0.340 e. The first-order valence-corrected chi connectivity index (χ1v) is 9.24. The van der Waals surface area contributed by atoms with Crippen molar-refractivity contribution < 1.29 is 9.53 Å². The fraction of sp³-hybridized carbons (Fsp3) is 0.227. The normalized spacial score (nSPS) is 10.4. The van der Waals surface area contributed by atoms with E-state index in [1.807, 2.05) is 37.3 Å². The van der Waals surface area contributed by atoms with Crippen LogP contribution >= 0.6 is 0 Å². The van der Waals surface area contributed by atoms with Gasteiger partial charge in [-0.25, -0.2) is 14.8 Å². The number of esters is 1. The van der Waals surface area contributed by atoms with Crippen molar-refractivity contribution in [3.05, 3.63) is 77.1 Å². The van der Waals surface area contributed by atoms with Crippen molar-refractivity contribution >= 4 is 23.3 Å². The summed E-state index contributed by atoms with van der Waals surface area (Å²) in [6, 6.07) is 17.3. The van der Waals surface area contributed by atoms with E-state index in [1.54, 1.807) is 19.1 Å². The molecule has 6 nitrogen and oxygen atoms in total. The molecule has 0 amide bonds. The van der Waals surface area contributed by atoms with Crippen molar-refractivity contribution in [2.75, 3.05) is 17.2 Å². The SMILES string of the molecule is CCOC(=O)c1ccccc1Nc1cc(NCc2ccccc2C)nc(C)n1. The van der Waals surface area contributed by atoms with E-state index in [9.17, 15) is 4.79 Å². The van der Waals surface area contributed by atoms with Gasteiger partial charge in [0.05, 0.1) is 17.9 Å². The first kappa shape index (κ1) is 19.4. The maximum absolute atomic E-state index is 12.2. The van der Waals surface area contributed by atoms with E-state index < -0.39 is 0 Å². The maximum atomic E-state index is 12.2. The van der Waals surface area contributed by atoms with Crippen LogP contribution in [0.4, 0.5) is 17.3 Å². The Bertz CT molecular complexity index is 972. The third kappa shape index (κ3) is 4.85. The molecule has 2 aromatic carbocycles. The van der Waals surface area contributed by atoms with E-state index in [2.05, 4.69) is 39.7 Å². The number of anilines is 3. The van der Waals surface area contributed by atoms with Crippen LogP contribution in [0.15, 0.2) is 54.6 Å². The summed E-state index contributed by atoms with van der Waals surface area (Å²) >= 11 is 0. The molecule has 1 aromatic heterocycles. The number of nitrogens with one attached hydrogen (secondary N) is 2. The van der Waals surface area contributed by atoms with E-state index in [0.717, 1.165) is 0 Å². The lowest BCUT2D eigenvalue weighted by Crippen LogP contribution is -2.09. The highest BCUT2D eigenvalue weighted by molar-refractivity contribution is 5.96. The molecule has 0 saturated heterocycles. The second kappa shape index (κ2) is 8.99. The number of aromatic nitrogens is 2. The highest BCUT2D eigenvalue weighted by Crippen LogP contribution is 2.22. The molecule has 0 saturated carbocycles. The number of nitrogens with zero attached hydrogens (tertiary/aromatic N) is 2. The topological polar surface area (TPSA) is 76.1 Å². The molecule has 3 rings (SSSR count). The number of rotatable bonds is 7. The Hall–Kier alpha value is -3.41. The summed E-state index contributed by atoms with van der Waals surface area (Å²) < 4.78 is 5.13. The Morgan fingerprint density at radius 1 is 1.00 bits per heavy atom. The first-order valence-electron chi connectivity index (χ1n) is 9.24. The van der Waals surface area contributed by atoms with Gasteiger partial charge in [0, 0.05) is 12.6 Å². The molecule has 3 aromatic rings. The largest absolute Gasteiger partial charge is 0.462 e. The van der Waals surface area contributed by atoms with E-state index in [-0.39, 0.29) is 5.97 Å². The van der Waals surface area contributed by atoms with Crippen LogP contribution in [-0.4, -0.2) is 22.5 Å². The van der Waals surface area contributed by atoms with Gasteiger partial charge in [-0.05, 0) is 44.0 Å². The van der Waals surface area contributed by atoms with Gasteiger partial charge in [0.25, 0.3) is 0 Å². The molecule has 0 bridgehead atoms. The van der Waals surface area contributed by atoms with Gasteiger partial charge in [0.15, 0.2) is 0 Å². The smallest absolute Gasteiger partial charge is 0.340 e. The van der Waals surface area contributed by atoms with Gasteiger partial charge < -0.3 is 15.4 Å². The number of para-hydroxylation sites is 1. The van der Waals surface area contributed by atoms with Crippen molar-refractivity contribution in [2.24, 2.45) is 0 Å². The second-order valence-electron chi connectivity index (χ2n) is 6.36. The molecular weight excluding hydrogens is 352 g/mol. The number of carbonyl (C=O) groups excluding carboxylic acids is 1. The second-order valence-corrected chi connectivity index (χ2v) is 6.36. The molecule has 28 heavy (non-hydrogen) atoms. The summed E-state index contributed by atoms with van der Waals surface area (Å²) in [5, 5.41) is 6.55. The van der Waals surface area contributed by atoms with Gasteiger partial charge >= 0.3 is 5.97 Å². The van der Waals surface area contributed by atoms with E-state index >= 15 is 0 Å². The van der Waals surface area contributed by atoms with Crippen LogP contribution in [0.25, 0.3) is 0 Å². The predicted octanol–water partition coefficient (Wildman–Crippen LogP) is 4.63. The Morgan fingerprint density at radius 2 is 1.71 bits per heavy atom. The number of aryl methyl sites for hydroxylation is 2. The highest BCUT2D eigenvalue weighted by Gasteiger charge is 2.13. The van der Waals surface area contributed by atoms with Crippen molar-refractivity contribution in [1.82, 2.24) is 9.97 Å². The van der Waals surface area contributed by atoms with Crippen LogP contribution < -0.4 is 10.6 Å². The van der Waals surface area contributed by atoms with Crippen molar-refractivity contribution in [1.29, 1.82) is 0 Å². The molecule has 2 N–H and O–H groups in total. The summed E-state index contributed by atoms with van der Waals surface area (Å²) in [4.78, 5) is 21.1. The molecule has 0 aliphatic rings. The molecule has 144 valence electrons. The minimum atomic E-state index is -0.366. The van der Waals surface area contributed by atoms with Crippen LogP contribution in [-0.2, 0) is 11.3 Å². The van der Waals surface area contributed by atoms with Crippen LogP contribution in [0, 0.1) is 13.8 Å². The molecular formula is C22H24N4O2. The fourth-order valence-electron chi connectivity index (χ4n) is 2.83. The Balaban J connectivity index is 1.79. The molecule has 0 spiro atoms. The van der Waals surface area contributed by atoms with E-state index in [1.165, 1.54) is 11.1 Å². The third-order valence-electron chi connectivity index (χ3n) is 4.24. The number of hydrogen-bond donors (Lipinski definition) is 2. The molecule has 0 aliphatic carbocycles. The summed E-state index contributed by atoms with van der Waals surface area (Å²) in [5.74, 6) is 1.59. The lowest BCUT2D eigenvalue weighted by atomic mass is 10.1. The predicted molar refractivity (Wildman–Crippen MR) is 111 cm³/mol.